The second-order valence-electron chi connectivity index (χ2n) is 5.00. The molecule has 0 saturated carbocycles. The van der Waals surface area contributed by atoms with Crippen molar-refractivity contribution in [3.8, 4) is 0 Å². The van der Waals surface area contributed by atoms with E-state index in [0.29, 0.717) is 12.2 Å². The van der Waals surface area contributed by atoms with E-state index in [1.165, 1.54) is 42.4 Å². The Bertz CT molecular complexity index is 509. The van der Waals surface area contributed by atoms with E-state index in [-0.39, 0.29) is 0 Å². The van der Waals surface area contributed by atoms with Gasteiger partial charge in [-0.3, -0.25) is 0 Å². The summed E-state index contributed by atoms with van der Waals surface area (Å²) < 4.78 is 1.26. The summed E-state index contributed by atoms with van der Waals surface area (Å²) in [6.07, 6.45) is 4.98. The fourth-order valence-electron chi connectivity index (χ4n) is 2.20. The quantitative estimate of drug-likeness (QED) is 0.710. The number of hydrogen-bond acceptors (Lipinski definition) is 3. The summed E-state index contributed by atoms with van der Waals surface area (Å²) >= 11 is 3.61. The lowest BCUT2D eigenvalue weighted by Crippen LogP contribution is -2.28. The highest BCUT2D eigenvalue weighted by molar-refractivity contribution is 9.10. The molecule has 0 bridgehead atoms. The number of carboxylic acids is 2. The fourth-order valence-corrected chi connectivity index (χ4v) is 2.65. The first kappa shape index (κ1) is 18.4. The molecule has 5 nitrogen and oxygen atoms in total. The predicted molar refractivity (Wildman–Crippen MR) is 87.9 cm³/mol. The summed E-state index contributed by atoms with van der Waals surface area (Å²) in [7, 11) is 0. The number of carbonyl (C=O) groups is 2. The van der Waals surface area contributed by atoms with Gasteiger partial charge in [0, 0.05) is 16.6 Å². The minimum atomic E-state index is -1.26. The van der Waals surface area contributed by atoms with E-state index < -0.39 is 11.9 Å². The predicted octanol–water partition coefficient (Wildman–Crippen LogP) is 2.70. The lowest BCUT2D eigenvalue weighted by Gasteiger charge is -2.22. The first-order chi connectivity index (χ1) is 10.5. The van der Waals surface area contributed by atoms with E-state index in [2.05, 4.69) is 45.5 Å². The number of aliphatic carboxylic acids is 2. The standard InChI is InChI=1S/C12H16BrN.C4H4O4/c13-12-4-2-1-3-11(12)9-10-5-7-14-8-6-10;5-3(6)1-2-4(7)8/h1-4,10,14H,5-9H2;1-2H,(H,5,6)(H,7,8)/b;2-1+. The minimum Gasteiger partial charge on any atom is -0.478 e. The molecule has 1 saturated heterocycles. The average molecular weight is 370 g/mol. The van der Waals surface area contributed by atoms with Crippen molar-refractivity contribution in [1.82, 2.24) is 5.32 Å². The number of piperidine rings is 1. The first-order valence-electron chi connectivity index (χ1n) is 7.07. The van der Waals surface area contributed by atoms with Gasteiger partial charge < -0.3 is 15.5 Å². The molecule has 120 valence electrons. The van der Waals surface area contributed by atoms with Gasteiger partial charge in [-0.15, -0.1) is 0 Å². The van der Waals surface area contributed by atoms with Crippen LogP contribution in [0.5, 0.6) is 0 Å². The smallest absolute Gasteiger partial charge is 0.328 e. The summed E-state index contributed by atoms with van der Waals surface area (Å²) in [6, 6.07) is 8.57. The highest BCUT2D eigenvalue weighted by Crippen LogP contribution is 2.23. The number of benzene rings is 1. The molecule has 0 atom stereocenters. The van der Waals surface area contributed by atoms with Gasteiger partial charge in [-0.05, 0) is 49.9 Å². The van der Waals surface area contributed by atoms with Crippen LogP contribution in [0.2, 0.25) is 0 Å². The lowest BCUT2D eigenvalue weighted by atomic mass is 9.91. The molecule has 0 aliphatic carbocycles. The molecule has 1 heterocycles. The molecule has 1 aromatic rings. The van der Waals surface area contributed by atoms with Crippen LogP contribution in [0.1, 0.15) is 18.4 Å². The van der Waals surface area contributed by atoms with Gasteiger partial charge in [0.15, 0.2) is 0 Å². The maximum atomic E-state index is 9.55. The molecular formula is C16H20BrNO4. The van der Waals surface area contributed by atoms with Crippen molar-refractivity contribution >= 4 is 27.9 Å². The van der Waals surface area contributed by atoms with Crippen molar-refractivity contribution in [3.63, 3.8) is 0 Å². The fraction of sp³-hybridized carbons (Fsp3) is 0.375. The topological polar surface area (TPSA) is 86.6 Å². The van der Waals surface area contributed by atoms with Gasteiger partial charge in [-0.1, -0.05) is 34.1 Å². The molecule has 0 amide bonds. The number of hydrogen-bond donors (Lipinski definition) is 3. The van der Waals surface area contributed by atoms with Crippen molar-refractivity contribution in [1.29, 1.82) is 0 Å². The Balaban J connectivity index is 0.000000261. The van der Waals surface area contributed by atoms with E-state index in [1.54, 1.807) is 0 Å². The number of halogens is 1. The zero-order valence-electron chi connectivity index (χ0n) is 12.2. The summed E-state index contributed by atoms with van der Waals surface area (Å²) in [5.74, 6) is -1.64. The molecule has 22 heavy (non-hydrogen) atoms. The highest BCUT2D eigenvalue weighted by Gasteiger charge is 2.14. The molecular weight excluding hydrogens is 350 g/mol. The van der Waals surface area contributed by atoms with Crippen LogP contribution in [-0.2, 0) is 16.0 Å². The largest absolute Gasteiger partial charge is 0.478 e. The summed E-state index contributed by atoms with van der Waals surface area (Å²) in [5.41, 5.74) is 1.46. The molecule has 3 N–H and O–H groups in total. The van der Waals surface area contributed by atoms with E-state index in [4.69, 9.17) is 10.2 Å². The number of rotatable bonds is 4. The maximum absolute atomic E-state index is 9.55. The Morgan fingerprint density at radius 3 is 2.18 bits per heavy atom. The third-order valence-corrected chi connectivity index (χ3v) is 4.07. The summed E-state index contributed by atoms with van der Waals surface area (Å²) in [4.78, 5) is 19.1. The molecule has 0 spiro atoms. The second-order valence-corrected chi connectivity index (χ2v) is 5.85. The van der Waals surface area contributed by atoms with Gasteiger partial charge in [0.25, 0.3) is 0 Å². The van der Waals surface area contributed by atoms with Crippen LogP contribution in [0, 0.1) is 5.92 Å². The van der Waals surface area contributed by atoms with E-state index in [1.807, 2.05) is 0 Å². The minimum absolute atomic E-state index is 0.558. The van der Waals surface area contributed by atoms with Gasteiger partial charge in [0.2, 0.25) is 0 Å². The third kappa shape index (κ3) is 7.95. The van der Waals surface area contributed by atoms with Crippen LogP contribution >= 0.6 is 15.9 Å². The Kier molecular flexibility index (Phi) is 8.47. The zero-order valence-corrected chi connectivity index (χ0v) is 13.8. The van der Waals surface area contributed by atoms with Crippen molar-refractivity contribution in [2.24, 2.45) is 5.92 Å². The van der Waals surface area contributed by atoms with Gasteiger partial charge in [0.05, 0.1) is 0 Å². The normalized spacial score (nSPS) is 15.1. The molecule has 0 unspecified atom stereocenters. The van der Waals surface area contributed by atoms with E-state index >= 15 is 0 Å². The van der Waals surface area contributed by atoms with E-state index in [0.717, 1.165) is 5.92 Å². The Morgan fingerprint density at radius 2 is 1.68 bits per heavy atom. The zero-order chi connectivity index (χ0) is 16.4. The van der Waals surface area contributed by atoms with Crippen molar-refractivity contribution < 1.29 is 19.8 Å². The summed E-state index contributed by atoms with van der Waals surface area (Å²) in [6.45, 7) is 2.38. The van der Waals surface area contributed by atoms with E-state index in [9.17, 15) is 9.59 Å². The van der Waals surface area contributed by atoms with Gasteiger partial charge in [0.1, 0.15) is 0 Å². The van der Waals surface area contributed by atoms with Crippen LogP contribution < -0.4 is 5.32 Å². The third-order valence-electron chi connectivity index (χ3n) is 3.29. The van der Waals surface area contributed by atoms with Gasteiger partial charge >= 0.3 is 11.9 Å². The SMILES string of the molecule is Brc1ccccc1CC1CCNCC1.O=C(O)/C=C/C(=O)O. The molecule has 1 fully saturated rings. The molecule has 0 radical (unpaired) electrons. The Morgan fingerprint density at radius 1 is 1.14 bits per heavy atom. The van der Waals surface area contributed by atoms with Crippen LogP contribution in [0.25, 0.3) is 0 Å². The first-order valence-corrected chi connectivity index (χ1v) is 7.86. The monoisotopic (exact) mass is 369 g/mol. The Hall–Kier alpha value is -1.66. The van der Waals surface area contributed by atoms with Crippen LogP contribution in [0.15, 0.2) is 40.9 Å². The molecule has 1 aromatic carbocycles. The molecule has 0 aromatic heterocycles. The molecule has 2 rings (SSSR count). The van der Waals surface area contributed by atoms with Crippen LogP contribution in [0.3, 0.4) is 0 Å². The number of nitrogens with one attached hydrogen (secondary N) is 1. The van der Waals surface area contributed by atoms with Crippen LogP contribution in [-0.4, -0.2) is 35.2 Å². The van der Waals surface area contributed by atoms with Gasteiger partial charge in [-0.25, -0.2) is 9.59 Å². The second kappa shape index (κ2) is 10.1. The van der Waals surface area contributed by atoms with Crippen molar-refractivity contribution in [3.05, 3.63) is 46.5 Å². The highest BCUT2D eigenvalue weighted by atomic mass is 79.9. The van der Waals surface area contributed by atoms with Crippen molar-refractivity contribution in [2.45, 2.75) is 19.3 Å². The average Bonchev–Trinajstić information content (AvgIpc) is 2.49. The molecule has 1 aliphatic heterocycles. The maximum Gasteiger partial charge on any atom is 0.328 e. The molecule has 1 aliphatic rings. The van der Waals surface area contributed by atoms with Crippen LogP contribution in [0.4, 0.5) is 0 Å². The van der Waals surface area contributed by atoms with Gasteiger partial charge in [-0.2, -0.15) is 0 Å². The Labute approximate surface area is 138 Å². The van der Waals surface area contributed by atoms with Crippen molar-refractivity contribution in [2.75, 3.05) is 13.1 Å². The lowest BCUT2D eigenvalue weighted by molar-refractivity contribution is -0.134. The number of carboxylic acid groups (broad SMARTS) is 2. The summed E-state index contributed by atoms with van der Waals surface area (Å²) in [5, 5.41) is 19.0. The molecule has 6 heteroatoms.